The van der Waals surface area contributed by atoms with Gasteiger partial charge in [-0.2, -0.15) is 0 Å². The van der Waals surface area contributed by atoms with Crippen LogP contribution >= 0.6 is 22.9 Å². The highest BCUT2D eigenvalue weighted by molar-refractivity contribution is 7.16. The molecule has 0 aromatic carbocycles. The van der Waals surface area contributed by atoms with Crippen LogP contribution in [0, 0.1) is 5.92 Å². The summed E-state index contributed by atoms with van der Waals surface area (Å²) in [6.07, 6.45) is 0.976. The Kier molecular flexibility index (Phi) is 4.82. The first-order chi connectivity index (χ1) is 8.15. The van der Waals surface area contributed by atoms with E-state index < -0.39 is 0 Å². The van der Waals surface area contributed by atoms with Crippen molar-refractivity contribution in [3.63, 3.8) is 0 Å². The van der Waals surface area contributed by atoms with Crippen molar-refractivity contribution in [1.82, 2.24) is 4.90 Å². The molecule has 2 unspecified atom stereocenters. The molecule has 2 heterocycles. The first kappa shape index (κ1) is 13.3. The van der Waals surface area contributed by atoms with Crippen LogP contribution in [0.15, 0.2) is 12.1 Å². The molecule has 5 heteroatoms. The molecule has 1 aromatic rings. The molecule has 3 nitrogen and oxygen atoms in total. The van der Waals surface area contributed by atoms with E-state index in [0.29, 0.717) is 5.92 Å². The smallest absolute Gasteiger partial charge is 0.0931 e. The molecule has 1 aromatic heterocycles. The van der Waals surface area contributed by atoms with Crippen molar-refractivity contribution in [3.8, 4) is 0 Å². The minimum Gasteiger partial charge on any atom is -0.381 e. The molecule has 2 rings (SSSR count). The van der Waals surface area contributed by atoms with Crippen LogP contribution in [-0.2, 0) is 11.3 Å². The highest BCUT2D eigenvalue weighted by Gasteiger charge is 2.23. The topological polar surface area (TPSA) is 38.5 Å². The average Bonchev–Trinajstić information content (AvgIpc) is 2.67. The summed E-state index contributed by atoms with van der Waals surface area (Å²) < 4.78 is 6.34. The third-order valence-corrected chi connectivity index (χ3v) is 4.35. The molecular weight excluding hydrogens is 256 g/mol. The number of thiophene rings is 1. The predicted molar refractivity (Wildman–Crippen MR) is 72.6 cm³/mol. The summed E-state index contributed by atoms with van der Waals surface area (Å²) in [5.41, 5.74) is 6.10. The molecule has 1 aliphatic rings. The maximum atomic E-state index is 6.10. The van der Waals surface area contributed by atoms with Gasteiger partial charge in [0.05, 0.1) is 10.9 Å². The van der Waals surface area contributed by atoms with Crippen molar-refractivity contribution in [3.05, 3.63) is 21.3 Å². The first-order valence-electron chi connectivity index (χ1n) is 5.91. The van der Waals surface area contributed by atoms with Gasteiger partial charge in [0.25, 0.3) is 0 Å². The summed E-state index contributed by atoms with van der Waals surface area (Å²) in [5.74, 6) is 0.448. The summed E-state index contributed by atoms with van der Waals surface area (Å²) in [4.78, 5) is 3.59. The zero-order valence-corrected chi connectivity index (χ0v) is 11.6. The maximum absolute atomic E-state index is 6.10. The number of nitrogens with zero attached hydrogens (tertiary/aromatic N) is 1. The molecule has 0 amide bonds. The Morgan fingerprint density at radius 1 is 1.59 bits per heavy atom. The van der Waals surface area contributed by atoms with E-state index in [1.54, 1.807) is 11.3 Å². The number of halogens is 1. The lowest BCUT2D eigenvalue weighted by Crippen LogP contribution is -2.44. The van der Waals surface area contributed by atoms with Crippen LogP contribution in [0.4, 0.5) is 0 Å². The zero-order valence-electron chi connectivity index (χ0n) is 10.1. The third-order valence-electron chi connectivity index (χ3n) is 3.13. The van der Waals surface area contributed by atoms with Crippen LogP contribution in [0.3, 0.4) is 0 Å². The fourth-order valence-corrected chi connectivity index (χ4v) is 3.34. The third kappa shape index (κ3) is 3.93. The van der Waals surface area contributed by atoms with E-state index in [-0.39, 0.29) is 6.04 Å². The molecular formula is C12H19ClN2OS. The number of hydrogen-bond donors (Lipinski definition) is 1. The molecule has 0 saturated carbocycles. The second-order valence-electron chi connectivity index (χ2n) is 4.69. The summed E-state index contributed by atoms with van der Waals surface area (Å²) in [5, 5.41) is 0. The zero-order chi connectivity index (χ0) is 12.3. The van der Waals surface area contributed by atoms with Gasteiger partial charge in [-0.25, -0.2) is 0 Å². The molecule has 0 radical (unpaired) electrons. The number of ether oxygens (including phenoxy) is 1. The Bertz CT molecular complexity index is 358. The largest absolute Gasteiger partial charge is 0.381 e. The van der Waals surface area contributed by atoms with Gasteiger partial charge in [-0.1, -0.05) is 11.6 Å². The average molecular weight is 275 g/mol. The van der Waals surface area contributed by atoms with E-state index in [1.165, 1.54) is 4.88 Å². The molecule has 0 aliphatic carbocycles. The van der Waals surface area contributed by atoms with Crippen molar-refractivity contribution in [2.75, 3.05) is 26.8 Å². The highest BCUT2D eigenvalue weighted by Crippen LogP contribution is 2.23. The normalized spacial score (nSPS) is 25.4. The van der Waals surface area contributed by atoms with Gasteiger partial charge < -0.3 is 15.4 Å². The van der Waals surface area contributed by atoms with Crippen molar-refractivity contribution in [2.45, 2.75) is 19.0 Å². The van der Waals surface area contributed by atoms with E-state index in [1.807, 2.05) is 6.07 Å². The number of hydrogen-bond acceptors (Lipinski definition) is 4. The van der Waals surface area contributed by atoms with E-state index >= 15 is 0 Å². The standard InChI is InChI=1S/C12H19ClN2OS/c1-15(7-10-2-3-12(13)17-10)6-9-8-16-5-4-11(9)14/h2-3,9,11H,4-8,14H2,1H3. The van der Waals surface area contributed by atoms with Crippen LogP contribution < -0.4 is 5.73 Å². The molecule has 17 heavy (non-hydrogen) atoms. The van der Waals surface area contributed by atoms with Crippen LogP contribution in [0.25, 0.3) is 0 Å². The SMILES string of the molecule is CN(Cc1ccc(Cl)s1)CC1COCCC1N. The molecule has 1 fully saturated rings. The lowest BCUT2D eigenvalue weighted by molar-refractivity contribution is 0.0287. The van der Waals surface area contributed by atoms with E-state index in [0.717, 1.165) is 37.1 Å². The fraction of sp³-hybridized carbons (Fsp3) is 0.667. The van der Waals surface area contributed by atoms with Gasteiger partial charge >= 0.3 is 0 Å². The molecule has 1 aliphatic heterocycles. The van der Waals surface area contributed by atoms with Gasteiger partial charge in [-0.15, -0.1) is 11.3 Å². The lowest BCUT2D eigenvalue weighted by atomic mass is 9.96. The second-order valence-corrected chi connectivity index (χ2v) is 6.49. The Morgan fingerprint density at radius 2 is 2.41 bits per heavy atom. The molecule has 2 N–H and O–H groups in total. The van der Waals surface area contributed by atoms with Gasteiger partial charge in [0.1, 0.15) is 0 Å². The number of rotatable bonds is 4. The molecule has 96 valence electrons. The van der Waals surface area contributed by atoms with Crippen LogP contribution in [0.1, 0.15) is 11.3 Å². The first-order valence-corrected chi connectivity index (χ1v) is 7.10. The quantitative estimate of drug-likeness (QED) is 0.915. The molecule has 1 saturated heterocycles. The second kappa shape index (κ2) is 6.16. The lowest BCUT2D eigenvalue weighted by Gasteiger charge is -2.31. The summed E-state index contributed by atoms with van der Waals surface area (Å²) in [7, 11) is 2.12. The monoisotopic (exact) mass is 274 g/mol. The summed E-state index contributed by atoms with van der Waals surface area (Å²) >= 11 is 7.56. The van der Waals surface area contributed by atoms with Crippen LogP contribution in [-0.4, -0.2) is 37.7 Å². The van der Waals surface area contributed by atoms with Crippen LogP contribution in [0.5, 0.6) is 0 Å². The van der Waals surface area contributed by atoms with Crippen molar-refractivity contribution < 1.29 is 4.74 Å². The van der Waals surface area contributed by atoms with Crippen molar-refractivity contribution in [2.24, 2.45) is 11.7 Å². The summed E-state index contributed by atoms with van der Waals surface area (Å²) in [6.45, 7) is 3.51. The molecule has 2 atom stereocenters. The van der Waals surface area contributed by atoms with Crippen molar-refractivity contribution >= 4 is 22.9 Å². The van der Waals surface area contributed by atoms with E-state index in [2.05, 4.69) is 18.0 Å². The van der Waals surface area contributed by atoms with Crippen LogP contribution in [0.2, 0.25) is 4.34 Å². The molecule has 0 spiro atoms. The Labute approximate surface area is 112 Å². The predicted octanol–water partition coefficient (Wildman–Crippen LogP) is 2.20. The van der Waals surface area contributed by atoms with Gasteiger partial charge in [0.2, 0.25) is 0 Å². The van der Waals surface area contributed by atoms with E-state index in [9.17, 15) is 0 Å². The van der Waals surface area contributed by atoms with Gasteiger partial charge in [-0.3, -0.25) is 0 Å². The van der Waals surface area contributed by atoms with Gasteiger partial charge in [0.15, 0.2) is 0 Å². The highest BCUT2D eigenvalue weighted by atomic mass is 35.5. The molecule has 0 bridgehead atoms. The number of nitrogens with two attached hydrogens (primary N) is 1. The Morgan fingerprint density at radius 3 is 3.06 bits per heavy atom. The van der Waals surface area contributed by atoms with Gasteiger partial charge in [-0.05, 0) is 25.6 Å². The Balaban J connectivity index is 1.82. The Hall–Kier alpha value is -0.130. The fourth-order valence-electron chi connectivity index (χ4n) is 2.17. The van der Waals surface area contributed by atoms with E-state index in [4.69, 9.17) is 22.1 Å². The maximum Gasteiger partial charge on any atom is 0.0931 e. The summed E-state index contributed by atoms with van der Waals surface area (Å²) in [6, 6.07) is 4.31. The van der Waals surface area contributed by atoms with Crippen molar-refractivity contribution in [1.29, 1.82) is 0 Å². The minimum atomic E-state index is 0.276. The van der Waals surface area contributed by atoms with Gasteiger partial charge in [0, 0.05) is 36.5 Å². The minimum absolute atomic E-state index is 0.276.